The van der Waals surface area contributed by atoms with E-state index in [1.54, 1.807) is 36.4 Å². The third-order valence-electron chi connectivity index (χ3n) is 4.30. The molecule has 28 heavy (non-hydrogen) atoms. The molecule has 4 nitrogen and oxygen atoms in total. The maximum Gasteiger partial charge on any atom is 0.417 e. The van der Waals surface area contributed by atoms with Gasteiger partial charge in [-0.05, 0) is 30.7 Å². The molecule has 0 aliphatic rings. The van der Waals surface area contributed by atoms with Crippen LogP contribution >= 0.6 is 0 Å². The molecule has 0 aromatic heterocycles. The summed E-state index contributed by atoms with van der Waals surface area (Å²) in [6.45, 7) is 5.24. The maximum atomic E-state index is 14.3. The second kappa shape index (κ2) is 9.10. The number of halogens is 3. The normalized spacial score (nSPS) is 12.5. The second-order valence-electron chi connectivity index (χ2n) is 6.30. The Balaban J connectivity index is 2.89. The van der Waals surface area contributed by atoms with Gasteiger partial charge < -0.3 is 14.8 Å². The van der Waals surface area contributed by atoms with Gasteiger partial charge in [-0.25, -0.2) is 0 Å². The number of methoxy groups -OCH3 is 1. The molecule has 0 aliphatic heterocycles. The lowest BCUT2D eigenvalue weighted by Gasteiger charge is -2.26. The van der Waals surface area contributed by atoms with Crippen molar-refractivity contribution in [2.24, 2.45) is 0 Å². The van der Waals surface area contributed by atoms with Gasteiger partial charge in [0.15, 0.2) is 0 Å². The first-order chi connectivity index (χ1) is 13.2. The molecular weight excluding hydrogens is 371 g/mol. The molecule has 0 saturated heterocycles. The van der Waals surface area contributed by atoms with E-state index in [-0.39, 0.29) is 23.4 Å². The fourth-order valence-corrected chi connectivity index (χ4v) is 3.25. The van der Waals surface area contributed by atoms with Crippen molar-refractivity contribution >= 4 is 5.97 Å². The first kappa shape index (κ1) is 21.8. The van der Waals surface area contributed by atoms with Crippen LogP contribution in [-0.4, -0.2) is 19.6 Å². The van der Waals surface area contributed by atoms with E-state index in [1.165, 1.54) is 21.0 Å². The van der Waals surface area contributed by atoms with Crippen LogP contribution < -0.4 is 10.1 Å². The first-order valence-corrected chi connectivity index (χ1v) is 8.95. The van der Waals surface area contributed by atoms with Crippen LogP contribution in [0, 0.1) is 0 Å². The van der Waals surface area contributed by atoms with Gasteiger partial charge in [0.2, 0.25) is 0 Å². The standard InChI is InChI=1S/C21H24F3NO3/c1-5-25-12-16-11-17(27-4)19(15-9-7-6-8-10-15)20(21(22,23)24)18(16)13(2)28-14(3)26/h6-11,13,25H,5,12H2,1-4H3. The first-order valence-electron chi connectivity index (χ1n) is 8.95. The lowest BCUT2D eigenvalue weighted by Crippen LogP contribution is -2.21. The van der Waals surface area contributed by atoms with Gasteiger partial charge in [-0.2, -0.15) is 13.2 Å². The summed E-state index contributed by atoms with van der Waals surface area (Å²) in [4.78, 5) is 11.4. The number of rotatable bonds is 7. The summed E-state index contributed by atoms with van der Waals surface area (Å²) in [6.07, 6.45) is -5.75. The predicted molar refractivity (Wildman–Crippen MR) is 101 cm³/mol. The van der Waals surface area contributed by atoms with Crippen LogP contribution in [0.15, 0.2) is 36.4 Å². The molecule has 152 valence electrons. The number of hydrogen-bond acceptors (Lipinski definition) is 4. The molecule has 2 aromatic rings. The molecule has 2 rings (SSSR count). The minimum Gasteiger partial charge on any atom is -0.496 e. The number of ether oxygens (including phenoxy) is 2. The monoisotopic (exact) mass is 395 g/mol. The highest BCUT2D eigenvalue weighted by Crippen LogP contribution is 2.47. The molecule has 0 bridgehead atoms. The highest BCUT2D eigenvalue weighted by molar-refractivity contribution is 5.77. The van der Waals surface area contributed by atoms with Crippen molar-refractivity contribution in [2.75, 3.05) is 13.7 Å². The average Bonchev–Trinajstić information content (AvgIpc) is 2.64. The number of nitrogens with one attached hydrogen (secondary N) is 1. The van der Waals surface area contributed by atoms with Gasteiger partial charge in [-0.1, -0.05) is 37.3 Å². The van der Waals surface area contributed by atoms with Crippen LogP contribution in [0.3, 0.4) is 0 Å². The van der Waals surface area contributed by atoms with E-state index >= 15 is 0 Å². The van der Waals surface area contributed by atoms with Gasteiger partial charge in [0.05, 0.1) is 12.7 Å². The lowest BCUT2D eigenvalue weighted by atomic mass is 9.88. The summed E-state index contributed by atoms with van der Waals surface area (Å²) < 4.78 is 53.4. The third kappa shape index (κ3) is 4.84. The molecule has 0 fully saturated rings. The van der Waals surface area contributed by atoms with Crippen molar-refractivity contribution in [1.29, 1.82) is 0 Å². The van der Waals surface area contributed by atoms with Crippen LogP contribution in [0.4, 0.5) is 13.2 Å². The molecule has 0 spiro atoms. The number of carbonyl (C=O) groups excluding carboxylic acids is 1. The highest BCUT2D eigenvalue weighted by Gasteiger charge is 2.41. The fourth-order valence-electron chi connectivity index (χ4n) is 3.25. The molecule has 7 heteroatoms. The Morgan fingerprint density at radius 2 is 1.86 bits per heavy atom. The molecule has 1 atom stereocenters. The molecular formula is C21H24F3NO3. The van der Waals surface area contributed by atoms with Crippen LogP contribution in [0.25, 0.3) is 11.1 Å². The van der Waals surface area contributed by atoms with E-state index < -0.39 is 23.8 Å². The number of benzene rings is 2. The topological polar surface area (TPSA) is 47.6 Å². The van der Waals surface area contributed by atoms with Crippen molar-refractivity contribution in [2.45, 2.75) is 39.6 Å². The van der Waals surface area contributed by atoms with Crippen molar-refractivity contribution in [3.05, 3.63) is 53.1 Å². The van der Waals surface area contributed by atoms with Crippen molar-refractivity contribution in [3.63, 3.8) is 0 Å². The Morgan fingerprint density at radius 3 is 2.36 bits per heavy atom. The zero-order valence-corrected chi connectivity index (χ0v) is 16.3. The van der Waals surface area contributed by atoms with Gasteiger partial charge in [-0.3, -0.25) is 4.79 Å². The fraction of sp³-hybridized carbons (Fsp3) is 0.381. The molecule has 0 aliphatic carbocycles. The highest BCUT2D eigenvalue weighted by atomic mass is 19.4. The lowest BCUT2D eigenvalue weighted by molar-refractivity contribution is -0.149. The Kier molecular flexibility index (Phi) is 7.07. The third-order valence-corrected chi connectivity index (χ3v) is 4.30. The van der Waals surface area contributed by atoms with Gasteiger partial charge >= 0.3 is 12.1 Å². The molecule has 1 N–H and O–H groups in total. The van der Waals surface area contributed by atoms with E-state index in [0.29, 0.717) is 17.7 Å². The number of carbonyl (C=O) groups is 1. The molecule has 2 aromatic carbocycles. The summed E-state index contributed by atoms with van der Waals surface area (Å²) in [6, 6.07) is 9.82. The molecule has 0 heterocycles. The Morgan fingerprint density at radius 1 is 1.21 bits per heavy atom. The van der Waals surface area contributed by atoms with E-state index in [2.05, 4.69) is 5.32 Å². The van der Waals surface area contributed by atoms with Gasteiger partial charge in [0, 0.05) is 24.6 Å². The summed E-state index contributed by atoms with van der Waals surface area (Å²) in [5, 5.41) is 3.04. The minimum absolute atomic E-state index is 0.0650. The second-order valence-corrected chi connectivity index (χ2v) is 6.30. The summed E-state index contributed by atoms with van der Waals surface area (Å²) >= 11 is 0. The molecule has 0 saturated carbocycles. The molecule has 1 unspecified atom stereocenters. The predicted octanol–water partition coefficient (Wildman–Crippen LogP) is 5.11. The van der Waals surface area contributed by atoms with Gasteiger partial charge in [-0.15, -0.1) is 0 Å². The van der Waals surface area contributed by atoms with Crippen LogP contribution in [0.5, 0.6) is 5.75 Å². The summed E-state index contributed by atoms with van der Waals surface area (Å²) in [5.41, 5.74) is -0.231. The number of hydrogen-bond donors (Lipinski definition) is 1. The van der Waals surface area contributed by atoms with Gasteiger partial charge in [0.25, 0.3) is 0 Å². The van der Waals surface area contributed by atoms with Crippen molar-refractivity contribution in [1.82, 2.24) is 5.32 Å². The van der Waals surface area contributed by atoms with Crippen LogP contribution in [0.2, 0.25) is 0 Å². The van der Waals surface area contributed by atoms with Gasteiger partial charge in [0.1, 0.15) is 11.9 Å². The van der Waals surface area contributed by atoms with Crippen LogP contribution in [0.1, 0.15) is 43.6 Å². The zero-order chi connectivity index (χ0) is 20.9. The Hall–Kier alpha value is -2.54. The largest absolute Gasteiger partial charge is 0.496 e. The number of esters is 1. The van der Waals surface area contributed by atoms with E-state index in [0.717, 1.165) is 0 Å². The Labute approximate surface area is 162 Å². The SMILES string of the molecule is CCNCc1cc(OC)c(-c2ccccc2)c(C(F)(F)F)c1C(C)OC(C)=O. The zero-order valence-electron chi connectivity index (χ0n) is 16.3. The quantitative estimate of drug-likeness (QED) is 0.662. The average molecular weight is 395 g/mol. The molecule has 0 amide bonds. The maximum absolute atomic E-state index is 14.3. The number of alkyl halides is 3. The van der Waals surface area contributed by atoms with Crippen LogP contribution in [-0.2, 0) is 22.3 Å². The van der Waals surface area contributed by atoms with Crippen molar-refractivity contribution < 1.29 is 27.4 Å². The summed E-state index contributed by atoms with van der Waals surface area (Å²) in [7, 11) is 1.34. The summed E-state index contributed by atoms with van der Waals surface area (Å²) in [5.74, 6) is -0.530. The minimum atomic E-state index is -4.68. The Bertz CT molecular complexity index is 820. The van der Waals surface area contributed by atoms with E-state index in [9.17, 15) is 18.0 Å². The van der Waals surface area contributed by atoms with E-state index in [1.807, 2.05) is 6.92 Å². The van der Waals surface area contributed by atoms with Crippen molar-refractivity contribution in [3.8, 4) is 16.9 Å². The molecule has 0 radical (unpaired) electrons. The smallest absolute Gasteiger partial charge is 0.417 e. The van der Waals surface area contributed by atoms with E-state index in [4.69, 9.17) is 9.47 Å².